The van der Waals surface area contributed by atoms with Crippen molar-refractivity contribution in [3.8, 4) is 0 Å². The summed E-state index contributed by atoms with van der Waals surface area (Å²) in [5.41, 5.74) is 6.53. The minimum Gasteiger partial charge on any atom is -0.402 e. The van der Waals surface area contributed by atoms with E-state index in [0.717, 1.165) is 5.70 Å². The second-order valence-corrected chi connectivity index (χ2v) is 2.44. The first-order valence-corrected chi connectivity index (χ1v) is 3.43. The van der Waals surface area contributed by atoms with Gasteiger partial charge in [-0.15, -0.1) is 0 Å². The van der Waals surface area contributed by atoms with Crippen LogP contribution in [0.5, 0.6) is 0 Å². The van der Waals surface area contributed by atoms with Crippen LogP contribution in [0.2, 0.25) is 0 Å². The van der Waals surface area contributed by atoms with E-state index in [1.54, 1.807) is 6.08 Å². The van der Waals surface area contributed by atoms with Gasteiger partial charge < -0.3 is 5.73 Å². The van der Waals surface area contributed by atoms with Crippen LogP contribution < -0.4 is 5.73 Å². The minimum absolute atomic E-state index is 0.425. The minimum atomic E-state index is 0.425. The molecule has 0 amide bonds. The predicted molar refractivity (Wildman–Crippen MR) is 46.4 cm³/mol. The zero-order chi connectivity index (χ0) is 7.98. The van der Waals surface area contributed by atoms with Crippen LogP contribution in [-0.4, -0.2) is 0 Å². The molecule has 0 atom stereocenters. The van der Waals surface area contributed by atoms with Gasteiger partial charge in [-0.25, -0.2) is 0 Å². The first-order valence-electron chi connectivity index (χ1n) is 3.43. The Labute approximate surface area is 62.9 Å². The van der Waals surface area contributed by atoms with E-state index < -0.39 is 0 Å². The summed E-state index contributed by atoms with van der Waals surface area (Å²) >= 11 is 0. The van der Waals surface area contributed by atoms with Crippen LogP contribution in [0, 0.1) is 5.92 Å². The van der Waals surface area contributed by atoms with Crippen LogP contribution in [0.1, 0.15) is 13.8 Å². The molecule has 0 aliphatic carbocycles. The van der Waals surface area contributed by atoms with Crippen molar-refractivity contribution < 1.29 is 0 Å². The fourth-order valence-corrected chi connectivity index (χ4v) is 0.438. The quantitative estimate of drug-likeness (QED) is 0.593. The predicted octanol–water partition coefficient (Wildman–Crippen LogP) is 2.23. The van der Waals surface area contributed by atoms with E-state index in [4.69, 9.17) is 5.73 Å². The molecule has 2 N–H and O–H groups in total. The monoisotopic (exact) mass is 137 g/mol. The molecule has 1 heteroatoms. The van der Waals surface area contributed by atoms with Crippen LogP contribution in [0.4, 0.5) is 0 Å². The number of nitrogens with two attached hydrogens (primary N) is 1. The van der Waals surface area contributed by atoms with Gasteiger partial charge in [-0.3, -0.25) is 0 Å². The fourth-order valence-electron chi connectivity index (χ4n) is 0.438. The van der Waals surface area contributed by atoms with Crippen LogP contribution in [0.15, 0.2) is 36.6 Å². The lowest BCUT2D eigenvalue weighted by Crippen LogP contribution is -2.03. The summed E-state index contributed by atoms with van der Waals surface area (Å²) in [5, 5.41) is 0. The molecule has 0 unspecified atom stereocenters. The molecule has 0 aromatic carbocycles. The molecule has 0 aromatic heterocycles. The van der Waals surface area contributed by atoms with E-state index >= 15 is 0 Å². The number of hydrogen-bond acceptors (Lipinski definition) is 1. The zero-order valence-electron chi connectivity index (χ0n) is 6.67. The maximum atomic E-state index is 5.63. The highest BCUT2D eigenvalue weighted by Gasteiger charge is 1.92. The second kappa shape index (κ2) is 4.86. The molecule has 0 radical (unpaired) electrons. The Morgan fingerprint density at radius 2 is 2.00 bits per heavy atom. The molecule has 0 rings (SSSR count). The fraction of sp³-hybridized carbons (Fsp3) is 0.333. The lowest BCUT2D eigenvalue weighted by atomic mass is 10.1. The molecule has 0 heterocycles. The first-order chi connectivity index (χ1) is 4.68. The summed E-state index contributed by atoms with van der Waals surface area (Å²) in [6, 6.07) is 0. The van der Waals surface area contributed by atoms with Gasteiger partial charge in [0.2, 0.25) is 0 Å². The van der Waals surface area contributed by atoms with E-state index in [0.29, 0.717) is 5.92 Å². The Bertz CT molecular complexity index is 152. The van der Waals surface area contributed by atoms with E-state index in [9.17, 15) is 0 Å². The standard InChI is InChI=1S/C9H15N/c1-4-5-6-7-9(10)8(2)3/h4-8H,1,10H2,2-3H3/b6-5-,9-7-. The SMILES string of the molecule is C=C/C=C\C=C(/N)C(C)C. The smallest absolute Gasteiger partial charge is 0.0106 e. The summed E-state index contributed by atoms with van der Waals surface area (Å²) in [7, 11) is 0. The van der Waals surface area contributed by atoms with Crippen molar-refractivity contribution >= 4 is 0 Å². The topological polar surface area (TPSA) is 26.0 Å². The molecular formula is C9H15N. The van der Waals surface area contributed by atoms with Crippen molar-refractivity contribution in [1.82, 2.24) is 0 Å². The average Bonchev–Trinajstić information content (AvgIpc) is 1.88. The van der Waals surface area contributed by atoms with Crippen LogP contribution in [-0.2, 0) is 0 Å². The van der Waals surface area contributed by atoms with E-state index in [1.165, 1.54) is 0 Å². The van der Waals surface area contributed by atoms with Gasteiger partial charge in [-0.2, -0.15) is 0 Å². The summed E-state index contributed by atoms with van der Waals surface area (Å²) in [6.07, 6.45) is 7.37. The van der Waals surface area contributed by atoms with Gasteiger partial charge in [-0.05, 0) is 12.0 Å². The Morgan fingerprint density at radius 3 is 2.40 bits per heavy atom. The lowest BCUT2D eigenvalue weighted by molar-refractivity contribution is 0.757. The van der Waals surface area contributed by atoms with Gasteiger partial charge in [0.25, 0.3) is 0 Å². The highest BCUT2D eigenvalue weighted by Crippen LogP contribution is 2.01. The number of allylic oxidation sites excluding steroid dienone is 5. The largest absolute Gasteiger partial charge is 0.402 e. The van der Waals surface area contributed by atoms with Crippen LogP contribution in [0.3, 0.4) is 0 Å². The molecular weight excluding hydrogens is 122 g/mol. The van der Waals surface area contributed by atoms with Gasteiger partial charge in [-0.1, -0.05) is 38.7 Å². The normalized spacial score (nSPS) is 12.9. The maximum absolute atomic E-state index is 5.63. The molecule has 0 aromatic rings. The van der Waals surface area contributed by atoms with Crippen LogP contribution in [0.25, 0.3) is 0 Å². The Hall–Kier alpha value is -0.980. The van der Waals surface area contributed by atoms with Gasteiger partial charge >= 0.3 is 0 Å². The third-order valence-electron chi connectivity index (χ3n) is 1.20. The van der Waals surface area contributed by atoms with Crippen molar-refractivity contribution in [2.24, 2.45) is 11.7 Å². The molecule has 0 saturated carbocycles. The summed E-state index contributed by atoms with van der Waals surface area (Å²) in [4.78, 5) is 0. The van der Waals surface area contributed by atoms with Crippen molar-refractivity contribution in [2.45, 2.75) is 13.8 Å². The Morgan fingerprint density at radius 1 is 1.40 bits per heavy atom. The van der Waals surface area contributed by atoms with Crippen molar-refractivity contribution in [2.75, 3.05) is 0 Å². The Kier molecular flexibility index (Phi) is 4.38. The van der Waals surface area contributed by atoms with Gasteiger partial charge in [0.1, 0.15) is 0 Å². The van der Waals surface area contributed by atoms with Crippen molar-refractivity contribution in [1.29, 1.82) is 0 Å². The third kappa shape index (κ3) is 3.96. The number of rotatable bonds is 3. The summed E-state index contributed by atoms with van der Waals surface area (Å²) < 4.78 is 0. The number of hydrogen-bond donors (Lipinski definition) is 1. The third-order valence-corrected chi connectivity index (χ3v) is 1.20. The van der Waals surface area contributed by atoms with Gasteiger partial charge in [0.15, 0.2) is 0 Å². The average molecular weight is 137 g/mol. The molecule has 0 aliphatic rings. The van der Waals surface area contributed by atoms with Crippen LogP contribution >= 0.6 is 0 Å². The molecule has 0 aliphatic heterocycles. The highest BCUT2D eigenvalue weighted by atomic mass is 14.6. The van der Waals surface area contributed by atoms with E-state index in [-0.39, 0.29) is 0 Å². The molecule has 0 spiro atoms. The molecule has 10 heavy (non-hydrogen) atoms. The summed E-state index contributed by atoms with van der Waals surface area (Å²) in [5.74, 6) is 0.425. The van der Waals surface area contributed by atoms with Gasteiger partial charge in [0.05, 0.1) is 0 Å². The summed E-state index contributed by atoms with van der Waals surface area (Å²) in [6.45, 7) is 7.67. The van der Waals surface area contributed by atoms with Crippen molar-refractivity contribution in [3.05, 3.63) is 36.6 Å². The van der Waals surface area contributed by atoms with Gasteiger partial charge in [0, 0.05) is 5.70 Å². The molecule has 1 nitrogen and oxygen atoms in total. The Balaban J connectivity index is 3.91. The van der Waals surface area contributed by atoms with E-state index in [1.807, 2.05) is 18.2 Å². The second-order valence-electron chi connectivity index (χ2n) is 2.44. The molecule has 0 bridgehead atoms. The molecule has 0 saturated heterocycles. The zero-order valence-corrected chi connectivity index (χ0v) is 6.67. The molecule has 56 valence electrons. The molecule has 0 fully saturated rings. The highest BCUT2D eigenvalue weighted by molar-refractivity contribution is 5.14. The lowest BCUT2D eigenvalue weighted by Gasteiger charge is -2.01. The van der Waals surface area contributed by atoms with Crippen molar-refractivity contribution in [3.63, 3.8) is 0 Å². The first kappa shape index (κ1) is 9.02. The maximum Gasteiger partial charge on any atom is 0.0106 e. The van der Waals surface area contributed by atoms with E-state index in [2.05, 4.69) is 20.4 Å².